The number of aryl methyl sites for hydroxylation is 2. The first-order chi connectivity index (χ1) is 9.95. The van der Waals surface area contributed by atoms with E-state index < -0.39 is 11.5 Å². The minimum absolute atomic E-state index is 0.0000543. The van der Waals surface area contributed by atoms with E-state index in [4.69, 9.17) is 16.9 Å². The third-order valence-corrected chi connectivity index (χ3v) is 3.36. The monoisotopic (exact) mass is 301 g/mol. The number of carbonyl (C=O) groups excluding carboxylic acids is 1. The number of benzene rings is 1. The van der Waals surface area contributed by atoms with Crippen molar-refractivity contribution in [2.75, 3.05) is 5.43 Å². The summed E-state index contributed by atoms with van der Waals surface area (Å²) in [5.74, 6) is -0.515. The van der Waals surface area contributed by atoms with Gasteiger partial charge in [0.2, 0.25) is 0 Å². The summed E-state index contributed by atoms with van der Waals surface area (Å²) in [4.78, 5) is 24.4. The molecule has 0 bridgehead atoms. The molecule has 1 heterocycles. The first kappa shape index (κ1) is 14.8. The van der Waals surface area contributed by atoms with Crippen LogP contribution in [0.4, 0.5) is 0 Å². The zero-order chi connectivity index (χ0) is 15.6. The molecule has 1 aromatic carbocycles. The molecule has 0 unspecified atom stereocenters. The lowest BCUT2D eigenvalue weighted by molar-refractivity contribution is 0.101. The van der Waals surface area contributed by atoms with Crippen LogP contribution in [0.5, 0.6) is 0 Å². The molecule has 0 spiro atoms. The Morgan fingerprint density at radius 1 is 1.33 bits per heavy atom. The maximum atomic E-state index is 12.2. The highest BCUT2D eigenvalue weighted by molar-refractivity contribution is 6.34. The summed E-state index contributed by atoms with van der Waals surface area (Å²) in [5.41, 5.74) is 3.26. The first-order valence-electron chi connectivity index (χ1n) is 6.15. The minimum atomic E-state index is -0.560. The predicted molar refractivity (Wildman–Crippen MR) is 80.0 cm³/mol. The molecule has 0 saturated heterocycles. The lowest BCUT2D eigenvalue weighted by atomic mass is 10.1. The molecule has 1 N–H and O–H groups in total. The molecule has 0 saturated carbocycles. The number of hydrogen-bond donors (Lipinski definition) is 1. The highest BCUT2D eigenvalue weighted by Crippen LogP contribution is 2.15. The van der Waals surface area contributed by atoms with Gasteiger partial charge in [-0.2, -0.15) is 5.26 Å². The van der Waals surface area contributed by atoms with Gasteiger partial charge >= 0.3 is 0 Å². The van der Waals surface area contributed by atoms with E-state index in [1.165, 1.54) is 0 Å². The highest BCUT2D eigenvalue weighted by Gasteiger charge is 2.14. The molecule has 1 amide bonds. The SMILES string of the molecule is Cc1cc(C)n(NC(=O)c2ccccc2Cl)c(=O)c1C#N. The van der Waals surface area contributed by atoms with Gasteiger partial charge in [0.25, 0.3) is 11.5 Å². The van der Waals surface area contributed by atoms with Crippen LogP contribution in [-0.2, 0) is 0 Å². The number of nitrogens with one attached hydrogen (secondary N) is 1. The average Bonchev–Trinajstić information content (AvgIpc) is 2.44. The number of halogens is 1. The molecule has 0 aliphatic carbocycles. The van der Waals surface area contributed by atoms with Crippen molar-refractivity contribution in [3.63, 3.8) is 0 Å². The molecule has 2 aromatic rings. The Kier molecular flexibility index (Phi) is 4.10. The van der Waals surface area contributed by atoms with E-state index in [0.29, 0.717) is 11.3 Å². The van der Waals surface area contributed by atoms with Gasteiger partial charge in [0.05, 0.1) is 10.6 Å². The van der Waals surface area contributed by atoms with Crippen LogP contribution in [0, 0.1) is 25.2 Å². The van der Waals surface area contributed by atoms with E-state index in [2.05, 4.69) is 5.43 Å². The molecular weight excluding hydrogens is 290 g/mol. The smallest absolute Gasteiger partial charge is 0.267 e. The van der Waals surface area contributed by atoms with Crippen LogP contribution in [-0.4, -0.2) is 10.6 Å². The second kappa shape index (κ2) is 5.81. The van der Waals surface area contributed by atoms with Crippen LogP contribution in [0.15, 0.2) is 35.1 Å². The first-order valence-corrected chi connectivity index (χ1v) is 6.52. The highest BCUT2D eigenvalue weighted by atomic mass is 35.5. The fourth-order valence-corrected chi connectivity index (χ4v) is 2.19. The van der Waals surface area contributed by atoms with Crippen LogP contribution in [0.25, 0.3) is 0 Å². The second-order valence-corrected chi connectivity index (χ2v) is 4.92. The number of pyridine rings is 1. The molecule has 1 aromatic heterocycles. The average molecular weight is 302 g/mol. The summed E-state index contributed by atoms with van der Waals surface area (Å²) in [6.45, 7) is 3.34. The number of carbonyl (C=O) groups is 1. The Labute approximate surface area is 126 Å². The number of rotatable bonds is 2. The zero-order valence-corrected chi connectivity index (χ0v) is 12.2. The Balaban J connectivity index is 2.46. The summed E-state index contributed by atoms with van der Waals surface area (Å²) >= 11 is 5.95. The summed E-state index contributed by atoms with van der Waals surface area (Å²) in [6.07, 6.45) is 0. The van der Waals surface area contributed by atoms with Gasteiger partial charge in [-0.25, -0.2) is 4.68 Å². The van der Waals surface area contributed by atoms with Crippen LogP contribution in [0.1, 0.15) is 27.2 Å². The summed E-state index contributed by atoms with van der Waals surface area (Å²) in [7, 11) is 0. The van der Waals surface area contributed by atoms with Crippen LogP contribution < -0.4 is 11.0 Å². The van der Waals surface area contributed by atoms with Gasteiger partial charge in [0.15, 0.2) is 0 Å². The fraction of sp³-hybridized carbons (Fsp3) is 0.133. The largest absolute Gasteiger partial charge is 0.287 e. The molecule has 2 rings (SSSR count). The summed E-state index contributed by atoms with van der Waals surface area (Å²) < 4.78 is 1.05. The van der Waals surface area contributed by atoms with E-state index >= 15 is 0 Å². The van der Waals surface area contributed by atoms with Gasteiger partial charge < -0.3 is 0 Å². The van der Waals surface area contributed by atoms with E-state index in [-0.39, 0.29) is 16.1 Å². The van der Waals surface area contributed by atoms with Crippen molar-refractivity contribution in [2.45, 2.75) is 13.8 Å². The Hall–Kier alpha value is -2.58. The lowest BCUT2D eigenvalue weighted by Gasteiger charge is -2.13. The number of aromatic nitrogens is 1. The van der Waals surface area contributed by atoms with Gasteiger partial charge in [-0.1, -0.05) is 23.7 Å². The molecular formula is C15H12ClN3O2. The fourth-order valence-electron chi connectivity index (χ4n) is 1.97. The maximum absolute atomic E-state index is 12.2. The topological polar surface area (TPSA) is 74.9 Å². The van der Waals surface area contributed by atoms with Gasteiger partial charge in [-0.05, 0) is 37.6 Å². The van der Waals surface area contributed by atoms with E-state index in [1.54, 1.807) is 44.2 Å². The van der Waals surface area contributed by atoms with Gasteiger partial charge in [0.1, 0.15) is 11.6 Å². The molecule has 0 aliphatic rings. The van der Waals surface area contributed by atoms with Crippen molar-refractivity contribution >= 4 is 17.5 Å². The Morgan fingerprint density at radius 3 is 2.62 bits per heavy atom. The van der Waals surface area contributed by atoms with Crippen molar-refractivity contribution in [2.24, 2.45) is 0 Å². The lowest BCUT2D eigenvalue weighted by Crippen LogP contribution is -2.36. The molecule has 0 atom stereocenters. The molecule has 5 nitrogen and oxygen atoms in total. The number of hydrogen-bond acceptors (Lipinski definition) is 3. The van der Waals surface area contributed by atoms with E-state index in [1.807, 2.05) is 6.07 Å². The second-order valence-electron chi connectivity index (χ2n) is 4.52. The minimum Gasteiger partial charge on any atom is -0.267 e. The number of nitriles is 1. The third-order valence-electron chi connectivity index (χ3n) is 3.03. The predicted octanol–water partition coefficient (Wildman–Crippen LogP) is 2.37. The standard InChI is InChI=1S/C15H12ClN3O2/c1-9-7-10(2)19(15(21)12(9)8-17)18-14(20)11-5-3-4-6-13(11)16/h3-7H,1-2H3,(H,18,20). The van der Waals surface area contributed by atoms with Gasteiger partial charge in [-0.15, -0.1) is 0 Å². The number of nitrogens with zero attached hydrogens (tertiary/aromatic N) is 2. The normalized spacial score (nSPS) is 10.0. The summed E-state index contributed by atoms with van der Waals surface area (Å²) in [5, 5.41) is 9.30. The molecule has 0 fully saturated rings. The molecule has 21 heavy (non-hydrogen) atoms. The van der Waals surface area contributed by atoms with Crippen molar-refractivity contribution in [1.82, 2.24) is 4.68 Å². The van der Waals surface area contributed by atoms with Crippen molar-refractivity contribution in [3.05, 3.63) is 68.1 Å². The van der Waals surface area contributed by atoms with Gasteiger partial charge in [0, 0.05) is 5.69 Å². The Bertz CT molecular complexity index is 819. The van der Waals surface area contributed by atoms with Crippen LogP contribution >= 0.6 is 11.6 Å². The van der Waals surface area contributed by atoms with Gasteiger partial charge in [-0.3, -0.25) is 15.0 Å². The maximum Gasteiger partial charge on any atom is 0.287 e. The number of amides is 1. The molecule has 106 valence electrons. The summed E-state index contributed by atoms with van der Waals surface area (Å²) in [6, 6.07) is 10.0. The molecule has 6 heteroatoms. The Morgan fingerprint density at radius 2 is 2.00 bits per heavy atom. The molecule has 0 radical (unpaired) electrons. The molecule has 0 aliphatic heterocycles. The van der Waals surface area contributed by atoms with E-state index in [0.717, 1.165) is 4.68 Å². The zero-order valence-electron chi connectivity index (χ0n) is 11.5. The van der Waals surface area contributed by atoms with Crippen molar-refractivity contribution in [1.29, 1.82) is 5.26 Å². The van der Waals surface area contributed by atoms with Crippen molar-refractivity contribution in [3.8, 4) is 6.07 Å². The van der Waals surface area contributed by atoms with E-state index in [9.17, 15) is 9.59 Å². The third kappa shape index (κ3) is 2.81. The quantitative estimate of drug-likeness (QED) is 0.925. The van der Waals surface area contributed by atoms with Crippen LogP contribution in [0.2, 0.25) is 5.02 Å². The van der Waals surface area contributed by atoms with Crippen LogP contribution in [0.3, 0.4) is 0 Å². The van der Waals surface area contributed by atoms with Crippen molar-refractivity contribution < 1.29 is 4.79 Å².